The van der Waals surface area contributed by atoms with Crippen molar-refractivity contribution in [3.8, 4) is 0 Å². The number of rotatable bonds is 4. The first-order valence-electron chi connectivity index (χ1n) is 5.07. The van der Waals surface area contributed by atoms with Gasteiger partial charge in [-0.05, 0) is 18.2 Å². The van der Waals surface area contributed by atoms with Crippen LogP contribution in [0, 0.1) is 0 Å². The number of hydrogen-bond donors (Lipinski definition) is 1. The van der Waals surface area contributed by atoms with Gasteiger partial charge in [-0.2, -0.15) is 5.10 Å². The topological polar surface area (TPSA) is 76.9 Å². The second kappa shape index (κ2) is 5.17. The third kappa shape index (κ3) is 3.15. The Hall–Kier alpha value is -1.25. The average molecular weight is 331 g/mol. The van der Waals surface area contributed by atoms with E-state index in [0.29, 0.717) is 10.3 Å². The summed E-state index contributed by atoms with van der Waals surface area (Å²) in [5.74, 6) is 0.427. The average Bonchev–Trinajstić information content (AvgIpc) is 2.73. The zero-order valence-corrected chi connectivity index (χ0v) is 11.9. The molecule has 2 aromatic rings. The Morgan fingerprint density at radius 1 is 1.44 bits per heavy atom. The van der Waals surface area contributed by atoms with Gasteiger partial charge in [0.05, 0.1) is 11.4 Å². The predicted molar refractivity (Wildman–Crippen MR) is 69.2 cm³/mol. The molecule has 0 aliphatic rings. The predicted octanol–water partition coefficient (Wildman–Crippen LogP) is 1.06. The Kier molecular flexibility index (Phi) is 3.79. The van der Waals surface area contributed by atoms with Crippen molar-refractivity contribution in [2.24, 2.45) is 7.05 Å². The third-order valence-corrected chi connectivity index (χ3v) is 4.07. The number of halogens is 1. The first-order valence-corrected chi connectivity index (χ1v) is 7.35. The van der Waals surface area contributed by atoms with Crippen molar-refractivity contribution in [1.29, 1.82) is 0 Å². The number of aromatic nitrogens is 3. The van der Waals surface area contributed by atoms with Crippen LogP contribution in [0.2, 0.25) is 0 Å². The molecule has 1 aromatic carbocycles. The molecule has 8 heteroatoms. The number of nitrogens with zero attached hydrogens (tertiary/aromatic N) is 3. The Morgan fingerprint density at radius 3 is 2.83 bits per heavy atom. The van der Waals surface area contributed by atoms with Crippen LogP contribution in [0.3, 0.4) is 0 Å². The lowest BCUT2D eigenvalue weighted by atomic mass is 10.4. The molecule has 0 bridgehead atoms. The zero-order valence-electron chi connectivity index (χ0n) is 9.54. The molecule has 96 valence electrons. The van der Waals surface area contributed by atoms with Crippen molar-refractivity contribution < 1.29 is 8.42 Å². The Balaban J connectivity index is 2.13. The van der Waals surface area contributed by atoms with Gasteiger partial charge >= 0.3 is 0 Å². The van der Waals surface area contributed by atoms with Crippen molar-refractivity contribution in [3.63, 3.8) is 0 Å². The molecule has 0 aliphatic heterocycles. The minimum Gasteiger partial charge on any atom is -0.256 e. The van der Waals surface area contributed by atoms with Crippen molar-refractivity contribution in [2.45, 2.75) is 11.4 Å². The highest BCUT2D eigenvalue weighted by atomic mass is 79.9. The van der Waals surface area contributed by atoms with Gasteiger partial charge in [0, 0.05) is 11.5 Å². The molecule has 1 heterocycles. The third-order valence-electron chi connectivity index (χ3n) is 2.17. The maximum absolute atomic E-state index is 12.0. The van der Waals surface area contributed by atoms with Crippen molar-refractivity contribution in [2.75, 3.05) is 0 Å². The summed E-state index contributed by atoms with van der Waals surface area (Å²) in [5.41, 5.74) is 0. The lowest BCUT2D eigenvalue weighted by Gasteiger charge is -2.05. The highest BCUT2D eigenvalue weighted by Gasteiger charge is 2.14. The van der Waals surface area contributed by atoms with Crippen LogP contribution in [0.15, 0.2) is 40.0 Å². The summed E-state index contributed by atoms with van der Waals surface area (Å²) in [7, 11) is -1.82. The minimum atomic E-state index is -3.54. The smallest absolute Gasteiger partial charge is 0.241 e. The summed E-state index contributed by atoms with van der Waals surface area (Å²) in [6.45, 7) is 0.0652. The zero-order chi connectivity index (χ0) is 13.2. The van der Waals surface area contributed by atoms with E-state index in [0.717, 1.165) is 0 Å². The monoisotopic (exact) mass is 330 g/mol. The molecule has 0 unspecified atom stereocenters. The molecule has 0 saturated carbocycles. The van der Waals surface area contributed by atoms with E-state index in [2.05, 4.69) is 30.7 Å². The molecule has 1 N–H and O–H groups in total. The van der Waals surface area contributed by atoms with E-state index in [-0.39, 0.29) is 11.4 Å². The standard InChI is InChI=1S/C10H11BrN4O2S/c1-15-7-12-10(14-15)6-13-18(16,17)9-4-2-3-8(11)5-9/h2-5,7,13H,6H2,1H3. The normalized spacial score (nSPS) is 11.7. The van der Waals surface area contributed by atoms with Crippen LogP contribution in [-0.4, -0.2) is 23.2 Å². The van der Waals surface area contributed by atoms with Gasteiger partial charge in [0.25, 0.3) is 0 Å². The van der Waals surface area contributed by atoms with E-state index < -0.39 is 10.0 Å². The molecular formula is C10H11BrN4O2S. The molecule has 18 heavy (non-hydrogen) atoms. The van der Waals surface area contributed by atoms with Crippen LogP contribution in [0.25, 0.3) is 0 Å². The lowest BCUT2D eigenvalue weighted by Crippen LogP contribution is -2.23. The SMILES string of the molecule is Cn1cnc(CNS(=O)(=O)c2cccc(Br)c2)n1. The maximum Gasteiger partial charge on any atom is 0.241 e. The van der Waals surface area contributed by atoms with Gasteiger partial charge in [-0.1, -0.05) is 22.0 Å². The highest BCUT2D eigenvalue weighted by molar-refractivity contribution is 9.10. The minimum absolute atomic E-state index is 0.0652. The van der Waals surface area contributed by atoms with E-state index in [4.69, 9.17) is 0 Å². The van der Waals surface area contributed by atoms with Gasteiger partial charge in [0.15, 0.2) is 5.82 Å². The first-order chi connectivity index (χ1) is 8.47. The molecule has 0 amide bonds. The van der Waals surface area contributed by atoms with Gasteiger partial charge in [-0.15, -0.1) is 0 Å². The fraction of sp³-hybridized carbons (Fsp3) is 0.200. The van der Waals surface area contributed by atoms with Crippen LogP contribution >= 0.6 is 15.9 Å². The molecule has 2 rings (SSSR count). The van der Waals surface area contributed by atoms with Crippen molar-refractivity contribution >= 4 is 26.0 Å². The summed E-state index contributed by atoms with van der Waals surface area (Å²) in [6, 6.07) is 6.49. The van der Waals surface area contributed by atoms with E-state index in [1.54, 1.807) is 19.2 Å². The maximum atomic E-state index is 12.0. The number of benzene rings is 1. The van der Waals surface area contributed by atoms with Gasteiger partial charge in [-0.3, -0.25) is 4.68 Å². The van der Waals surface area contributed by atoms with E-state index in [9.17, 15) is 8.42 Å². The summed E-state index contributed by atoms with van der Waals surface area (Å²) in [5, 5.41) is 3.99. The van der Waals surface area contributed by atoms with Crippen LogP contribution in [0.5, 0.6) is 0 Å². The van der Waals surface area contributed by atoms with E-state index in [1.807, 2.05) is 0 Å². The van der Waals surface area contributed by atoms with E-state index >= 15 is 0 Å². The summed E-state index contributed by atoms with van der Waals surface area (Å²) in [4.78, 5) is 4.15. The fourth-order valence-electron chi connectivity index (χ4n) is 1.34. The van der Waals surface area contributed by atoms with Gasteiger partial charge in [-0.25, -0.2) is 18.1 Å². The van der Waals surface area contributed by atoms with Gasteiger partial charge in [0.1, 0.15) is 6.33 Å². The van der Waals surface area contributed by atoms with Gasteiger partial charge in [0.2, 0.25) is 10.0 Å². The number of sulfonamides is 1. The van der Waals surface area contributed by atoms with Crippen LogP contribution in [0.4, 0.5) is 0 Å². The number of aryl methyl sites for hydroxylation is 1. The Bertz CT molecular complexity index is 653. The van der Waals surface area contributed by atoms with Gasteiger partial charge < -0.3 is 0 Å². The van der Waals surface area contributed by atoms with E-state index in [1.165, 1.54) is 23.1 Å². The molecule has 0 saturated heterocycles. The summed E-state index contributed by atoms with van der Waals surface area (Å²) >= 11 is 3.23. The molecule has 0 atom stereocenters. The number of hydrogen-bond acceptors (Lipinski definition) is 4. The van der Waals surface area contributed by atoms with Crippen molar-refractivity contribution in [1.82, 2.24) is 19.5 Å². The molecule has 0 fully saturated rings. The molecule has 0 spiro atoms. The molecule has 6 nitrogen and oxygen atoms in total. The lowest BCUT2D eigenvalue weighted by molar-refractivity contribution is 0.578. The fourth-order valence-corrected chi connectivity index (χ4v) is 2.92. The molecule has 0 radical (unpaired) electrons. The molecular weight excluding hydrogens is 320 g/mol. The largest absolute Gasteiger partial charge is 0.256 e. The first kappa shape index (κ1) is 13.2. The highest BCUT2D eigenvalue weighted by Crippen LogP contribution is 2.15. The van der Waals surface area contributed by atoms with Crippen LogP contribution < -0.4 is 4.72 Å². The van der Waals surface area contributed by atoms with Crippen LogP contribution in [-0.2, 0) is 23.6 Å². The second-order valence-electron chi connectivity index (χ2n) is 3.62. The summed E-state index contributed by atoms with van der Waals surface area (Å²) in [6.07, 6.45) is 1.52. The Labute approximate surface area is 113 Å². The second-order valence-corrected chi connectivity index (χ2v) is 6.30. The molecule has 0 aliphatic carbocycles. The van der Waals surface area contributed by atoms with Crippen molar-refractivity contribution in [3.05, 3.63) is 40.9 Å². The Morgan fingerprint density at radius 2 is 2.22 bits per heavy atom. The molecule has 1 aromatic heterocycles. The summed E-state index contributed by atoms with van der Waals surface area (Å²) < 4.78 is 28.6. The quantitative estimate of drug-likeness (QED) is 0.909. The van der Waals surface area contributed by atoms with Crippen LogP contribution in [0.1, 0.15) is 5.82 Å². The number of nitrogens with one attached hydrogen (secondary N) is 1.